The van der Waals surface area contributed by atoms with Crippen LogP contribution in [0.25, 0.3) is 0 Å². The van der Waals surface area contributed by atoms with E-state index in [1.807, 2.05) is 6.07 Å². The third kappa shape index (κ3) is 3.59. The number of nitrogens with zero attached hydrogens (tertiary/aromatic N) is 3. The molecular weight excluding hydrogens is 296 g/mol. The van der Waals surface area contributed by atoms with Gasteiger partial charge in [0.25, 0.3) is 0 Å². The molecule has 104 valence electrons. The van der Waals surface area contributed by atoms with Crippen LogP contribution in [0.3, 0.4) is 0 Å². The maximum Gasteiger partial charge on any atom is 0.208 e. The van der Waals surface area contributed by atoms with Crippen molar-refractivity contribution >= 4 is 21.6 Å². The average Bonchev–Trinajstić information content (AvgIpc) is 2.84. The van der Waals surface area contributed by atoms with Crippen LogP contribution in [0.5, 0.6) is 0 Å². The van der Waals surface area contributed by atoms with Crippen molar-refractivity contribution in [2.45, 2.75) is 17.0 Å². The zero-order chi connectivity index (χ0) is 14.6. The quantitative estimate of drug-likeness (QED) is 0.841. The highest BCUT2D eigenvalue weighted by atomic mass is 32.2. The summed E-state index contributed by atoms with van der Waals surface area (Å²) in [4.78, 5) is 4.26. The molecule has 0 aliphatic heterocycles. The predicted octanol–water partition coefficient (Wildman–Crippen LogP) is 1.55. The van der Waals surface area contributed by atoms with Crippen molar-refractivity contribution in [1.82, 2.24) is 15.2 Å². The van der Waals surface area contributed by atoms with E-state index in [1.54, 1.807) is 19.1 Å². The van der Waals surface area contributed by atoms with Crippen molar-refractivity contribution < 1.29 is 8.42 Å². The zero-order valence-corrected chi connectivity index (χ0v) is 12.3. The second-order valence-electron chi connectivity index (χ2n) is 4.01. The van der Waals surface area contributed by atoms with E-state index in [2.05, 4.69) is 15.2 Å². The molecule has 0 unspecified atom stereocenters. The van der Waals surface area contributed by atoms with E-state index in [1.165, 1.54) is 23.9 Å². The molecule has 1 N–H and O–H groups in total. The highest BCUT2D eigenvalue weighted by molar-refractivity contribution is 8.00. The van der Waals surface area contributed by atoms with E-state index in [9.17, 15) is 8.42 Å². The summed E-state index contributed by atoms with van der Waals surface area (Å²) in [5.74, 6) is 1.02. The van der Waals surface area contributed by atoms with Crippen LogP contribution in [0.1, 0.15) is 11.4 Å². The maximum absolute atomic E-state index is 12.1. The van der Waals surface area contributed by atoms with Crippen LogP contribution >= 0.6 is 11.8 Å². The number of hydrogen-bond donors (Lipinski definition) is 1. The first-order chi connectivity index (χ1) is 9.51. The molecule has 0 atom stereocenters. The standard InChI is InChI=1S/C12H12N4O2S2/c1-9-14-12(16-15-9)19-5-6-20(17,18)11-4-2-3-10(7-11)8-13/h2-4,7H,5-6H2,1H3,(H,14,15,16). The number of rotatable bonds is 5. The van der Waals surface area contributed by atoms with Gasteiger partial charge < -0.3 is 0 Å². The van der Waals surface area contributed by atoms with Crippen LogP contribution in [0.15, 0.2) is 34.3 Å². The van der Waals surface area contributed by atoms with Gasteiger partial charge in [-0.25, -0.2) is 13.4 Å². The summed E-state index contributed by atoms with van der Waals surface area (Å²) in [5.41, 5.74) is 0.336. The average molecular weight is 308 g/mol. The highest BCUT2D eigenvalue weighted by Gasteiger charge is 2.15. The maximum atomic E-state index is 12.1. The molecule has 0 aliphatic rings. The van der Waals surface area contributed by atoms with Gasteiger partial charge in [-0.3, -0.25) is 5.10 Å². The molecule has 0 bridgehead atoms. The van der Waals surface area contributed by atoms with Gasteiger partial charge in [-0.05, 0) is 25.1 Å². The number of aromatic amines is 1. The number of sulfone groups is 1. The fraction of sp³-hybridized carbons (Fsp3) is 0.250. The number of nitriles is 1. The first kappa shape index (κ1) is 14.6. The lowest BCUT2D eigenvalue weighted by Crippen LogP contribution is -2.09. The van der Waals surface area contributed by atoms with Crippen molar-refractivity contribution in [2.24, 2.45) is 0 Å². The number of hydrogen-bond acceptors (Lipinski definition) is 6. The Labute approximate surface area is 121 Å². The fourth-order valence-corrected chi connectivity index (χ4v) is 4.04. The fourth-order valence-electron chi connectivity index (χ4n) is 1.51. The van der Waals surface area contributed by atoms with E-state index in [0.29, 0.717) is 22.3 Å². The van der Waals surface area contributed by atoms with Gasteiger partial charge in [-0.15, -0.1) is 5.10 Å². The number of H-pyrrole nitrogens is 1. The molecule has 0 aliphatic carbocycles. The van der Waals surface area contributed by atoms with Crippen molar-refractivity contribution in [3.8, 4) is 6.07 Å². The van der Waals surface area contributed by atoms with E-state index in [0.717, 1.165) is 0 Å². The molecular formula is C12H12N4O2S2. The van der Waals surface area contributed by atoms with Gasteiger partial charge in [-0.2, -0.15) is 5.26 Å². The smallest absolute Gasteiger partial charge is 0.208 e. The van der Waals surface area contributed by atoms with Crippen LogP contribution in [0.2, 0.25) is 0 Å². The Bertz CT molecular complexity index is 747. The minimum atomic E-state index is -3.39. The van der Waals surface area contributed by atoms with E-state index in [4.69, 9.17) is 5.26 Å². The number of thioether (sulfide) groups is 1. The van der Waals surface area contributed by atoms with Crippen LogP contribution in [0, 0.1) is 18.3 Å². The summed E-state index contributed by atoms with van der Waals surface area (Å²) in [5, 5.41) is 15.9. The second kappa shape index (κ2) is 6.07. The number of benzene rings is 1. The first-order valence-corrected chi connectivity index (χ1v) is 8.40. The Morgan fingerprint density at radius 3 is 2.90 bits per heavy atom. The third-order valence-corrected chi connectivity index (χ3v) is 5.30. The lowest BCUT2D eigenvalue weighted by molar-refractivity contribution is 0.597. The summed E-state index contributed by atoms with van der Waals surface area (Å²) in [6, 6.07) is 7.95. The zero-order valence-electron chi connectivity index (χ0n) is 10.7. The molecule has 0 amide bonds. The molecule has 2 rings (SSSR count). The van der Waals surface area contributed by atoms with E-state index >= 15 is 0 Å². The normalized spacial score (nSPS) is 11.2. The molecule has 0 radical (unpaired) electrons. The van der Waals surface area contributed by atoms with Gasteiger partial charge in [0.1, 0.15) is 5.82 Å². The largest absolute Gasteiger partial charge is 0.262 e. The Morgan fingerprint density at radius 2 is 2.25 bits per heavy atom. The Kier molecular flexibility index (Phi) is 4.42. The van der Waals surface area contributed by atoms with Gasteiger partial charge in [0.05, 0.1) is 22.3 Å². The molecule has 1 aromatic carbocycles. The minimum Gasteiger partial charge on any atom is -0.262 e. The van der Waals surface area contributed by atoms with Gasteiger partial charge in [0.2, 0.25) is 5.16 Å². The van der Waals surface area contributed by atoms with Crippen LogP contribution < -0.4 is 0 Å². The SMILES string of the molecule is Cc1nc(SCCS(=O)(=O)c2cccc(C#N)c2)n[nH]1. The summed E-state index contributed by atoms with van der Waals surface area (Å²) in [7, 11) is -3.39. The minimum absolute atomic E-state index is 0.0276. The Hall–Kier alpha value is -1.85. The number of nitrogens with one attached hydrogen (secondary N) is 1. The highest BCUT2D eigenvalue weighted by Crippen LogP contribution is 2.17. The molecule has 20 heavy (non-hydrogen) atoms. The lowest BCUT2D eigenvalue weighted by atomic mass is 10.2. The summed E-state index contributed by atoms with van der Waals surface area (Å²) in [6.45, 7) is 1.78. The third-order valence-electron chi connectivity index (χ3n) is 2.48. The molecule has 1 heterocycles. The van der Waals surface area contributed by atoms with Gasteiger partial charge in [-0.1, -0.05) is 17.8 Å². The van der Waals surface area contributed by atoms with Crippen LogP contribution in [-0.4, -0.2) is 35.1 Å². The van der Waals surface area contributed by atoms with Crippen molar-refractivity contribution in [3.63, 3.8) is 0 Å². The van der Waals surface area contributed by atoms with E-state index < -0.39 is 9.84 Å². The second-order valence-corrected chi connectivity index (χ2v) is 7.18. The Balaban J connectivity index is 2.02. The number of aryl methyl sites for hydroxylation is 1. The molecule has 8 heteroatoms. The van der Waals surface area contributed by atoms with Gasteiger partial charge in [0.15, 0.2) is 9.84 Å². The van der Waals surface area contributed by atoms with Crippen molar-refractivity contribution in [3.05, 3.63) is 35.7 Å². The molecule has 6 nitrogen and oxygen atoms in total. The molecule has 2 aromatic rings. The molecule has 0 saturated heterocycles. The number of aromatic nitrogens is 3. The molecule has 1 aromatic heterocycles. The summed E-state index contributed by atoms with van der Waals surface area (Å²) in [6.07, 6.45) is 0. The van der Waals surface area contributed by atoms with Crippen LogP contribution in [-0.2, 0) is 9.84 Å². The predicted molar refractivity (Wildman–Crippen MR) is 75.1 cm³/mol. The van der Waals surface area contributed by atoms with Crippen molar-refractivity contribution in [1.29, 1.82) is 5.26 Å². The van der Waals surface area contributed by atoms with Gasteiger partial charge >= 0.3 is 0 Å². The molecule has 0 saturated carbocycles. The van der Waals surface area contributed by atoms with E-state index in [-0.39, 0.29) is 10.6 Å². The van der Waals surface area contributed by atoms with Crippen LogP contribution in [0.4, 0.5) is 0 Å². The molecule has 0 fully saturated rings. The Morgan fingerprint density at radius 1 is 1.45 bits per heavy atom. The molecule has 0 spiro atoms. The van der Waals surface area contributed by atoms with Gasteiger partial charge in [0, 0.05) is 5.75 Å². The first-order valence-electron chi connectivity index (χ1n) is 5.76. The monoisotopic (exact) mass is 308 g/mol. The summed E-state index contributed by atoms with van der Waals surface area (Å²) >= 11 is 1.28. The van der Waals surface area contributed by atoms with Crippen molar-refractivity contribution in [2.75, 3.05) is 11.5 Å². The topological polar surface area (TPSA) is 99.5 Å². The lowest BCUT2D eigenvalue weighted by Gasteiger charge is -2.03. The summed E-state index contributed by atoms with van der Waals surface area (Å²) < 4.78 is 24.2.